The second kappa shape index (κ2) is 6.46. The molecule has 1 fully saturated rings. The standard InChI is InChI=1S/C16H22N4O2/c1-12-17-16(18-22-12)15-11-20(8-9-21-15)10-13-6-4-5-7-14(13)19(2)3/h4-7,15H,8-11H2,1-3H3/t15-/m1/s1. The Balaban J connectivity index is 1.71. The average Bonchev–Trinajstić information content (AvgIpc) is 2.94. The van der Waals surface area contributed by atoms with Gasteiger partial charge in [0.25, 0.3) is 0 Å². The van der Waals surface area contributed by atoms with Gasteiger partial charge in [0.2, 0.25) is 11.7 Å². The Morgan fingerprint density at radius 2 is 2.14 bits per heavy atom. The fourth-order valence-electron chi connectivity index (χ4n) is 2.77. The van der Waals surface area contributed by atoms with Crippen LogP contribution in [0.4, 0.5) is 5.69 Å². The van der Waals surface area contributed by atoms with Gasteiger partial charge in [-0.3, -0.25) is 4.90 Å². The maximum Gasteiger partial charge on any atom is 0.223 e. The van der Waals surface area contributed by atoms with E-state index in [2.05, 4.69) is 58.3 Å². The Morgan fingerprint density at radius 3 is 2.86 bits per heavy atom. The van der Waals surface area contributed by atoms with E-state index in [0.717, 1.165) is 19.6 Å². The molecule has 0 aliphatic carbocycles. The summed E-state index contributed by atoms with van der Waals surface area (Å²) in [6.45, 7) is 5.06. The van der Waals surface area contributed by atoms with Crippen LogP contribution in [0.5, 0.6) is 0 Å². The van der Waals surface area contributed by atoms with Crippen LogP contribution in [0, 0.1) is 6.92 Å². The van der Waals surface area contributed by atoms with E-state index in [-0.39, 0.29) is 6.10 Å². The number of hydrogen-bond acceptors (Lipinski definition) is 6. The monoisotopic (exact) mass is 302 g/mol. The third-order valence-electron chi connectivity index (χ3n) is 3.85. The zero-order chi connectivity index (χ0) is 15.5. The lowest BCUT2D eigenvalue weighted by Crippen LogP contribution is -2.38. The van der Waals surface area contributed by atoms with Crippen molar-refractivity contribution in [3.05, 3.63) is 41.5 Å². The van der Waals surface area contributed by atoms with E-state index in [0.29, 0.717) is 18.3 Å². The topological polar surface area (TPSA) is 54.6 Å². The summed E-state index contributed by atoms with van der Waals surface area (Å²) in [6.07, 6.45) is -0.113. The summed E-state index contributed by atoms with van der Waals surface area (Å²) < 4.78 is 10.8. The lowest BCUT2D eigenvalue weighted by molar-refractivity contribution is -0.0380. The van der Waals surface area contributed by atoms with Crippen LogP contribution in [0.2, 0.25) is 0 Å². The molecule has 0 N–H and O–H groups in total. The van der Waals surface area contributed by atoms with Crippen LogP contribution in [-0.2, 0) is 11.3 Å². The number of aromatic nitrogens is 2. The normalized spacial score (nSPS) is 19.3. The predicted molar refractivity (Wildman–Crippen MR) is 83.8 cm³/mol. The molecule has 1 atom stereocenters. The summed E-state index contributed by atoms with van der Waals surface area (Å²) in [7, 11) is 4.14. The first-order valence-electron chi connectivity index (χ1n) is 7.53. The quantitative estimate of drug-likeness (QED) is 0.861. The number of aryl methyl sites for hydroxylation is 1. The predicted octanol–water partition coefficient (Wildman–Crippen LogP) is 2.02. The molecule has 0 bridgehead atoms. The van der Waals surface area contributed by atoms with Gasteiger partial charge in [-0.05, 0) is 11.6 Å². The molecule has 0 unspecified atom stereocenters. The van der Waals surface area contributed by atoms with Gasteiger partial charge in [0.05, 0.1) is 6.61 Å². The maximum absolute atomic E-state index is 5.79. The van der Waals surface area contributed by atoms with E-state index in [9.17, 15) is 0 Å². The van der Waals surface area contributed by atoms with Gasteiger partial charge in [-0.25, -0.2) is 0 Å². The molecule has 2 heterocycles. The van der Waals surface area contributed by atoms with Gasteiger partial charge in [0.15, 0.2) is 0 Å². The van der Waals surface area contributed by atoms with Gasteiger partial charge in [-0.1, -0.05) is 23.4 Å². The number of para-hydroxylation sites is 1. The van der Waals surface area contributed by atoms with E-state index < -0.39 is 0 Å². The molecule has 1 saturated heterocycles. The highest BCUT2D eigenvalue weighted by Crippen LogP contribution is 2.24. The third-order valence-corrected chi connectivity index (χ3v) is 3.85. The molecule has 0 radical (unpaired) electrons. The third kappa shape index (κ3) is 3.28. The van der Waals surface area contributed by atoms with Gasteiger partial charge < -0.3 is 14.2 Å². The first-order valence-corrected chi connectivity index (χ1v) is 7.53. The molecule has 1 aromatic carbocycles. The van der Waals surface area contributed by atoms with Crippen LogP contribution >= 0.6 is 0 Å². The van der Waals surface area contributed by atoms with Crippen molar-refractivity contribution >= 4 is 5.69 Å². The molecule has 22 heavy (non-hydrogen) atoms. The Hall–Kier alpha value is -1.92. The van der Waals surface area contributed by atoms with E-state index in [1.54, 1.807) is 6.92 Å². The number of morpholine rings is 1. The van der Waals surface area contributed by atoms with E-state index in [1.807, 2.05) is 0 Å². The van der Waals surface area contributed by atoms with Gasteiger partial charge >= 0.3 is 0 Å². The van der Waals surface area contributed by atoms with Crippen molar-refractivity contribution in [2.75, 3.05) is 38.7 Å². The maximum atomic E-state index is 5.79. The molecule has 1 aliphatic heterocycles. The van der Waals surface area contributed by atoms with Gasteiger partial charge in [-0.15, -0.1) is 0 Å². The Labute approximate surface area is 130 Å². The van der Waals surface area contributed by atoms with Crippen LogP contribution in [0.3, 0.4) is 0 Å². The highest BCUT2D eigenvalue weighted by Gasteiger charge is 2.26. The molecule has 0 saturated carbocycles. The molecule has 6 heteroatoms. The minimum Gasteiger partial charge on any atom is -0.377 e. The second-order valence-electron chi connectivity index (χ2n) is 5.79. The molecule has 3 rings (SSSR count). The number of nitrogens with zero attached hydrogens (tertiary/aromatic N) is 4. The smallest absolute Gasteiger partial charge is 0.223 e. The number of hydrogen-bond donors (Lipinski definition) is 0. The summed E-state index contributed by atoms with van der Waals surface area (Å²) in [5.41, 5.74) is 2.57. The number of benzene rings is 1. The number of anilines is 1. The highest BCUT2D eigenvalue weighted by atomic mass is 16.5. The van der Waals surface area contributed by atoms with Crippen molar-refractivity contribution in [3.8, 4) is 0 Å². The number of ether oxygens (including phenoxy) is 1. The van der Waals surface area contributed by atoms with Crippen LogP contribution < -0.4 is 4.90 Å². The van der Waals surface area contributed by atoms with Crippen molar-refractivity contribution < 1.29 is 9.26 Å². The van der Waals surface area contributed by atoms with E-state index in [1.165, 1.54) is 11.3 Å². The van der Waals surface area contributed by atoms with Crippen LogP contribution in [0.25, 0.3) is 0 Å². The summed E-state index contributed by atoms with van der Waals surface area (Å²) in [5.74, 6) is 1.22. The second-order valence-corrected chi connectivity index (χ2v) is 5.79. The molecule has 0 spiro atoms. The van der Waals surface area contributed by atoms with Crippen molar-refractivity contribution in [2.45, 2.75) is 19.6 Å². The SMILES string of the molecule is Cc1nc([C@H]2CN(Cc3ccccc3N(C)C)CCO2)no1. The Bertz CT molecular complexity index is 626. The summed E-state index contributed by atoms with van der Waals surface area (Å²) >= 11 is 0. The summed E-state index contributed by atoms with van der Waals surface area (Å²) in [5, 5.41) is 3.98. The fourth-order valence-corrected chi connectivity index (χ4v) is 2.77. The minimum atomic E-state index is -0.113. The summed E-state index contributed by atoms with van der Waals surface area (Å²) in [6, 6.07) is 8.49. The first-order chi connectivity index (χ1) is 10.6. The molecule has 0 amide bonds. The number of rotatable bonds is 4. The van der Waals surface area contributed by atoms with E-state index in [4.69, 9.17) is 9.26 Å². The van der Waals surface area contributed by atoms with Crippen molar-refractivity contribution in [2.24, 2.45) is 0 Å². The molecular weight excluding hydrogens is 280 g/mol. The van der Waals surface area contributed by atoms with Gasteiger partial charge in [0, 0.05) is 46.3 Å². The average molecular weight is 302 g/mol. The molecule has 1 aromatic heterocycles. The zero-order valence-electron chi connectivity index (χ0n) is 13.3. The fraction of sp³-hybridized carbons (Fsp3) is 0.500. The Morgan fingerprint density at radius 1 is 1.32 bits per heavy atom. The van der Waals surface area contributed by atoms with Crippen molar-refractivity contribution in [1.29, 1.82) is 0 Å². The largest absolute Gasteiger partial charge is 0.377 e. The molecular formula is C16H22N4O2. The van der Waals surface area contributed by atoms with Crippen molar-refractivity contribution in [3.63, 3.8) is 0 Å². The molecule has 1 aliphatic rings. The van der Waals surface area contributed by atoms with Crippen LogP contribution in [-0.4, -0.2) is 48.8 Å². The zero-order valence-corrected chi connectivity index (χ0v) is 13.3. The molecule has 6 nitrogen and oxygen atoms in total. The van der Waals surface area contributed by atoms with Crippen molar-refractivity contribution in [1.82, 2.24) is 15.0 Å². The molecule has 2 aromatic rings. The van der Waals surface area contributed by atoms with Gasteiger partial charge in [-0.2, -0.15) is 4.98 Å². The van der Waals surface area contributed by atoms with Gasteiger partial charge in [0.1, 0.15) is 6.10 Å². The summed E-state index contributed by atoms with van der Waals surface area (Å²) in [4.78, 5) is 8.81. The Kier molecular flexibility index (Phi) is 4.40. The lowest BCUT2D eigenvalue weighted by Gasteiger charge is -2.32. The van der Waals surface area contributed by atoms with E-state index >= 15 is 0 Å². The lowest BCUT2D eigenvalue weighted by atomic mass is 10.1. The van der Waals surface area contributed by atoms with Crippen LogP contribution in [0.15, 0.2) is 28.8 Å². The first kappa shape index (κ1) is 15.0. The minimum absolute atomic E-state index is 0.113. The highest BCUT2D eigenvalue weighted by molar-refractivity contribution is 5.52. The molecule has 118 valence electrons. The van der Waals surface area contributed by atoms with Crippen LogP contribution in [0.1, 0.15) is 23.4 Å².